The number of carbonyl (C=O) groups is 4. The molecule has 4 N–H and O–H groups in total. The van der Waals surface area contributed by atoms with E-state index in [1.54, 1.807) is 0 Å². The molecule has 0 saturated heterocycles. The molecule has 0 aromatic heterocycles. The maximum atomic E-state index is 11.3. The van der Waals surface area contributed by atoms with Crippen LogP contribution in [0.2, 0.25) is 0 Å². The van der Waals surface area contributed by atoms with Crippen molar-refractivity contribution < 1.29 is 33.8 Å². The topological polar surface area (TPSA) is 143 Å². The van der Waals surface area contributed by atoms with Gasteiger partial charge in [0.25, 0.3) is 0 Å². The highest BCUT2D eigenvalue weighted by molar-refractivity contribution is 5.79. The number of carboxylic acids is 1. The second-order valence-electron chi connectivity index (χ2n) is 4.11. The summed E-state index contributed by atoms with van der Waals surface area (Å²) in [5.74, 6) is -2.25. The molecule has 0 aliphatic rings. The van der Waals surface area contributed by atoms with Gasteiger partial charge in [-0.05, 0) is 6.42 Å². The average molecular weight is 319 g/mol. The molecule has 0 aromatic carbocycles. The van der Waals surface area contributed by atoms with Gasteiger partial charge in [-0.3, -0.25) is 14.4 Å². The summed E-state index contributed by atoms with van der Waals surface area (Å²) >= 11 is 0. The molecule has 0 saturated carbocycles. The Labute approximate surface area is 127 Å². The summed E-state index contributed by atoms with van der Waals surface area (Å²) in [7, 11) is 1.47. The zero-order chi connectivity index (χ0) is 16.8. The lowest BCUT2D eigenvalue weighted by atomic mass is 10.4. The van der Waals surface area contributed by atoms with Crippen molar-refractivity contribution in [3.8, 4) is 0 Å². The number of hydrogen-bond donors (Lipinski definition) is 4. The van der Waals surface area contributed by atoms with Crippen LogP contribution in [0.15, 0.2) is 0 Å². The van der Waals surface area contributed by atoms with Crippen LogP contribution in [0.4, 0.5) is 0 Å². The third kappa shape index (κ3) is 12.8. The monoisotopic (exact) mass is 319 g/mol. The largest absolute Gasteiger partial charge is 0.480 e. The highest BCUT2D eigenvalue weighted by atomic mass is 16.5. The van der Waals surface area contributed by atoms with Crippen LogP contribution < -0.4 is 16.0 Å². The van der Waals surface area contributed by atoms with E-state index < -0.39 is 18.5 Å². The van der Waals surface area contributed by atoms with Crippen LogP contribution in [-0.2, 0) is 28.7 Å². The molecule has 0 fully saturated rings. The van der Waals surface area contributed by atoms with Crippen molar-refractivity contribution in [1.29, 1.82) is 0 Å². The number of rotatable bonds is 12. The number of nitrogens with one attached hydrogen (secondary N) is 3. The first kappa shape index (κ1) is 19.8. The van der Waals surface area contributed by atoms with E-state index in [1.807, 2.05) is 0 Å². The van der Waals surface area contributed by atoms with Crippen LogP contribution in [0.25, 0.3) is 0 Å². The van der Waals surface area contributed by atoms with Crippen LogP contribution in [0.1, 0.15) is 6.42 Å². The van der Waals surface area contributed by atoms with Crippen molar-refractivity contribution in [3.05, 3.63) is 0 Å². The number of carbonyl (C=O) groups excluding carboxylic acids is 3. The molecular formula is C12H21N3O7. The van der Waals surface area contributed by atoms with Gasteiger partial charge in [-0.25, -0.2) is 4.79 Å². The molecule has 0 unspecified atom stereocenters. The first-order valence-corrected chi connectivity index (χ1v) is 6.57. The summed E-state index contributed by atoms with van der Waals surface area (Å²) in [6, 6.07) is 0. The SMILES string of the molecule is CNC(=O)COCC(=O)NCCCNC(=O)COCC(=O)O. The van der Waals surface area contributed by atoms with Crippen LogP contribution in [0.3, 0.4) is 0 Å². The minimum atomic E-state index is -1.14. The van der Waals surface area contributed by atoms with E-state index in [2.05, 4.69) is 20.7 Å². The fraction of sp³-hybridized carbons (Fsp3) is 0.667. The maximum Gasteiger partial charge on any atom is 0.329 e. The fourth-order valence-electron chi connectivity index (χ4n) is 1.19. The molecule has 22 heavy (non-hydrogen) atoms. The Morgan fingerprint density at radius 3 is 1.73 bits per heavy atom. The minimum Gasteiger partial charge on any atom is -0.480 e. The molecule has 0 aliphatic carbocycles. The van der Waals surface area contributed by atoms with Crippen LogP contribution in [0.5, 0.6) is 0 Å². The van der Waals surface area contributed by atoms with E-state index in [0.717, 1.165) is 0 Å². The zero-order valence-corrected chi connectivity index (χ0v) is 12.3. The summed E-state index contributed by atoms with van der Waals surface area (Å²) in [4.78, 5) is 43.4. The van der Waals surface area contributed by atoms with E-state index in [0.29, 0.717) is 19.5 Å². The third-order valence-corrected chi connectivity index (χ3v) is 2.20. The molecule has 0 spiro atoms. The molecule has 0 aromatic rings. The number of aliphatic carboxylic acids is 1. The second-order valence-corrected chi connectivity index (χ2v) is 4.11. The molecular weight excluding hydrogens is 298 g/mol. The lowest BCUT2D eigenvalue weighted by Crippen LogP contribution is -2.34. The van der Waals surface area contributed by atoms with Crippen molar-refractivity contribution in [2.45, 2.75) is 6.42 Å². The van der Waals surface area contributed by atoms with Crippen LogP contribution >= 0.6 is 0 Å². The average Bonchev–Trinajstić information content (AvgIpc) is 2.46. The van der Waals surface area contributed by atoms with Gasteiger partial charge in [-0.15, -0.1) is 0 Å². The molecule has 0 rings (SSSR count). The molecule has 0 heterocycles. The van der Waals surface area contributed by atoms with E-state index >= 15 is 0 Å². The summed E-state index contributed by atoms with van der Waals surface area (Å²) in [6.07, 6.45) is 0.492. The van der Waals surface area contributed by atoms with Gasteiger partial charge in [0.05, 0.1) is 0 Å². The normalized spacial score (nSPS) is 9.86. The Morgan fingerprint density at radius 2 is 1.27 bits per heavy atom. The number of carboxylic acid groups (broad SMARTS) is 1. The Morgan fingerprint density at radius 1 is 0.818 bits per heavy atom. The van der Waals surface area contributed by atoms with E-state index in [-0.39, 0.29) is 31.6 Å². The predicted molar refractivity (Wildman–Crippen MR) is 74.0 cm³/mol. The zero-order valence-electron chi connectivity index (χ0n) is 12.3. The van der Waals surface area contributed by atoms with E-state index in [4.69, 9.17) is 9.84 Å². The molecule has 0 atom stereocenters. The number of ether oxygens (including phenoxy) is 2. The Hall–Kier alpha value is -2.20. The summed E-state index contributed by atoms with van der Waals surface area (Å²) in [5, 5.41) is 15.7. The van der Waals surface area contributed by atoms with Crippen LogP contribution in [-0.4, -0.2) is 75.4 Å². The quantitative estimate of drug-likeness (QED) is 0.290. The van der Waals surface area contributed by atoms with Crippen molar-refractivity contribution in [3.63, 3.8) is 0 Å². The standard InChI is InChI=1S/C12H21N3O7/c1-13-9(16)5-21-6-10(17)14-3-2-4-15-11(18)7-22-8-12(19)20/h2-8H2,1H3,(H,13,16)(H,14,17)(H,15,18)(H,19,20). The molecule has 126 valence electrons. The van der Waals surface area contributed by atoms with Gasteiger partial charge in [0.15, 0.2) is 0 Å². The van der Waals surface area contributed by atoms with Gasteiger partial charge >= 0.3 is 5.97 Å². The van der Waals surface area contributed by atoms with Gasteiger partial charge in [-0.2, -0.15) is 0 Å². The molecule has 3 amide bonds. The van der Waals surface area contributed by atoms with Crippen molar-refractivity contribution >= 4 is 23.7 Å². The minimum absolute atomic E-state index is 0.184. The highest BCUT2D eigenvalue weighted by Gasteiger charge is 2.05. The molecule has 10 nitrogen and oxygen atoms in total. The third-order valence-electron chi connectivity index (χ3n) is 2.20. The fourth-order valence-corrected chi connectivity index (χ4v) is 1.19. The number of hydrogen-bond acceptors (Lipinski definition) is 6. The van der Waals surface area contributed by atoms with Gasteiger partial charge < -0.3 is 30.5 Å². The molecule has 10 heteroatoms. The second kappa shape index (κ2) is 12.5. The van der Waals surface area contributed by atoms with Crippen molar-refractivity contribution in [1.82, 2.24) is 16.0 Å². The first-order valence-electron chi connectivity index (χ1n) is 6.57. The first-order chi connectivity index (χ1) is 10.5. The molecule has 0 aliphatic heterocycles. The number of amides is 3. The molecule has 0 radical (unpaired) electrons. The lowest BCUT2D eigenvalue weighted by Gasteiger charge is -2.07. The van der Waals surface area contributed by atoms with E-state index in [9.17, 15) is 19.2 Å². The highest BCUT2D eigenvalue weighted by Crippen LogP contribution is 1.80. The Kier molecular flexibility index (Phi) is 11.3. The predicted octanol–water partition coefficient (Wildman–Crippen LogP) is -2.53. The van der Waals surface area contributed by atoms with Crippen molar-refractivity contribution in [2.24, 2.45) is 0 Å². The van der Waals surface area contributed by atoms with Gasteiger partial charge in [-0.1, -0.05) is 0 Å². The van der Waals surface area contributed by atoms with Gasteiger partial charge in [0.1, 0.15) is 26.4 Å². The maximum absolute atomic E-state index is 11.3. The Balaban J connectivity index is 3.44. The lowest BCUT2D eigenvalue weighted by molar-refractivity contribution is -0.143. The smallest absolute Gasteiger partial charge is 0.329 e. The van der Waals surface area contributed by atoms with Crippen molar-refractivity contribution in [2.75, 3.05) is 46.6 Å². The number of likely N-dealkylation sites (N-methyl/N-ethyl adjacent to an activating group) is 1. The van der Waals surface area contributed by atoms with Gasteiger partial charge in [0.2, 0.25) is 17.7 Å². The molecule has 0 bridgehead atoms. The van der Waals surface area contributed by atoms with Gasteiger partial charge in [0, 0.05) is 20.1 Å². The van der Waals surface area contributed by atoms with Crippen LogP contribution in [0, 0.1) is 0 Å². The summed E-state index contributed by atoms with van der Waals surface area (Å²) < 4.78 is 9.44. The Bertz CT molecular complexity index is 387. The summed E-state index contributed by atoms with van der Waals surface area (Å²) in [6.45, 7) is -0.613. The van der Waals surface area contributed by atoms with E-state index in [1.165, 1.54) is 7.05 Å². The summed E-state index contributed by atoms with van der Waals surface area (Å²) in [5.41, 5.74) is 0.